The van der Waals surface area contributed by atoms with Gasteiger partial charge in [-0.3, -0.25) is 0 Å². The Hall–Kier alpha value is -1.54. The molecular formula is C24H18I2O2. The van der Waals surface area contributed by atoms with Crippen LogP contribution >= 0.6 is 45.2 Å². The molecule has 0 aliphatic carbocycles. The van der Waals surface area contributed by atoms with Crippen LogP contribution in [-0.2, 0) is 0 Å². The predicted octanol–water partition coefficient (Wildman–Crippen LogP) is 7.42. The lowest BCUT2D eigenvalue weighted by atomic mass is 9.92. The summed E-state index contributed by atoms with van der Waals surface area (Å²) >= 11 is 4.74. The minimum Gasteiger partial charge on any atom is -0.493 e. The molecule has 4 aromatic rings. The van der Waals surface area contributed by atoms with E-state index in [1.54, 1.807) is 0 Å². The van der Waals surface area contributed by atoms with Crippen LogP contribution < -0.4 is 9.47 Å². The Labute approximate surface area is 191 Å². The summed E-state index contributed by atoms with van der Waals surface area (Å²) in [5.74, 6) is 1.87. The SMILES string of the molecule is Ic1ccc2c3c(ccc2c1)OCCCCOc1ccc2cc(I)ccc2c1-3. The van der Waals surface area contributed by atoms with Gasteiger partial charge in [-0.2, -0.15) is 0 Å². The van der Waals surface area contributed by atoms with Gasteiger partial charge in [-0.05, 0) is 116 Å². The summed E-state index contributed by atoms with van der Waals surface area (Å²) in [5, 5.41) is 4.85. The van der Waals surface area contributed by atoms with Crippen LogP contribution in [0.2, 0.25) is 0 Å². The van der Waals surface area contributed by atoms with Gasteiger partial charge >= 0.3 is 0 Å². The molecule has 0 radical (unpaired) electrons. The zero-order chi connectivity index (χ0) is 19.1. The Morgan fingerprint density at radius 3 is 1.50 bits per heavy atom. The number of halogens is 2. The van der Waals surface area contributed by atoms with Crippen LogP contribution in [0.5, 0.6) is 11.5 Å². The molecule has 0 unspecified atom stereocenters. The number of hydrogen-bond donors (Lipinski definition) is 0. The van der Waals surface area contributed by atoms with Gasteiger partial charge in [-0.15, -0.1) is 0 Å². The van der Waals surface area contributed by atoms with Gasteiger partial charge in [0.05, 0.1) is 13.2 Å². The fourth-order valence-electron chi connectivity index (χ4n) is 3.89. The van der Waals surface area contributed by atoms with E-state index in [1.165, 1.54) is 28.7 Å². The molecule has 2 nitrogen and oxygen atoms in total. The number of rotatable bonds is 0. The van der Waals surface area contributed by atoms with Crippen LogP contribution in [0.15, 0.2) is 60.7 Å². The third-order valence-corrected chi connectivity index (χ3v) is 6.53. The van der Waals surface area contributed by atoms with E-state index in [4.69, 9.17) is 9.47 Å². The van der Waals surface area contributed by atoms with Crippen molar-refractivity contribution in [3.8, 4) is 22.6 Å². The van der Waals surface area contributed by atoms with Crippen LogP contribution in [0, 0.1) is 7.14 Å². The van der Waals surface area contributed by atoms with Gasteiger partial charge in [0.1, 0.15) is 11.5 Å². The fourth-order valence-corrected chi connectivity index (χ4v) is 4.92. The maximum atomic E-state index is 6.27. The third-order valence-electron chi connectivity index (χ3n) is 5.19. The summed E-state index contributed by atoms with van der Waals surface area (Å²) in [4.78, 5) is 0. The van der Waals surface area contributed by atoms with Gasteiger partial charge in [0.2, 0.25) is 0 Å². The molecule has 0 saturated heterocycles. The normalized spacial score (nSPS) is 14.1. The second kappa shape index (κ2) is 7.71. The van der Waals surface area contributed by atoms with Gasteiger partial charge in [-0.25, -0.2) is 0 Å². The molecule has 1 heterocycles. The number of ether oxygens (including phenoxy) is 2. The van der Waals surface area contributed by atoms with Gasteiger partial charge in [-0.1, -0.05) is 24.3 Å². The van der Waals surface area contributed by atoms with Crippen LogP contribution in [0.25, 0.3) is 32.7 Å². The summed E-state index contributed by atoms with van der Waals surface area (Å²) in [6, 6.07) is 21.8. The standard InChI is InChI=1S/C24H18I2O2/c25-17-5-7-19-15(13-17)3-9-21-23(19)24-20-8-6-18(26)14-16(20)4-10-22(24)28-12-2-1-11-27-21/h3-10,13-14H,1-2,11-12H2. The summed E-state index contributed by atoms with van der Waals surface area (Å²) in [7, 11) is 0. The smallest absolute Gasteiger partial charge is 0.127 e. The first-order chi connectivity index (χ1) is 13.7. The molecule has 0 bridgehead atoms. The molecule has 0 N–H and O–H groups in total. The molecule has 1 aliphatic rings. The Morgan fingerprint density at radius 1 is 0.571 bits per heavy atom. The minimum absolute atomic E-state index is 0.713. The van der Waals surface area contributed by atoms with Crippen LogP contribution in [0.4, 0.5) is 0 Å². The van der Waals surface area contributed by atoms with Crippen molar-refractivity contribution in [1.82, 2.24) is 0 Å². The van der Waals surface area contributed by atoms with Crippen molar-refractivity contribution in [3.05, 3.63) is 67.8 Å². The van der Waals surface area contributed by atoms with E-state index in [2.05, 4.69) is 106 Å². The first-order valence-corrected chi connectivity index (χ1v) is 11.6. The van der Waals surface area contributed by atoms with Gasteiger partial charge in [0, 0.05) is 18.3 Å². The quantitative estimate of drug-likeness (QED) is 0.198. The number of benzene rings is 4. The third kappa shape index (κ3) is 3.34. The lowest BCUT2D eigenvalue weighted by Gasteiger charge is -2.21. The van der Waals surface area contributed by atoms with Crippen LogP contribution in [-0.4, -0.2) is 13.2 Å². The van der Waals surface area contributed by atoms with E-state index in [-0.39, 0.29) is 0 Å². The number of fused-ring (bicyclic) bond motifs is 7. The highest BCUT2D eigenvalue weighted by atomic mass is 127. The largest absolute Gasteiger partial charge is 0.493 e. The van der Waals surface area contributed by atoms with Crippen molar-refractivity contribution in [3.63, 3.8) is 0 Å². The van der Waals surface area contributed by atoms with Crippen molar-refractivity contribution in [2.45, 2.75) is 12.8 Å². The average Bonchev–Trinajstić information content (AvgIpc) is 2.70. The van der Waals surface area contributed by atoms with E-state index < -0.39 is 0 Å². The summed E-state index contributed by atoms with van der Waals surface area (Å²) in [6.45, 7) is 1.43. The lowest BCUT2D eigenvalue weighted by Crippen LogP contribution is -2.07. The highest BCUT2D eigenvalue weighted by Gasteiger charge is 2.20. The van der Waals surface area contributed by atoms with E-state index in [9.17, 15) is 0 Å². The Kier molecular flexibility index (Phi) is 5.09. The molecule has 140 valence electrons. The van der Waals surface area contributed by atoms with Gasteiger partial charge in [0.15, 0.2) is 0 Å². The van der Waals surface area contributed by atoms with Crippen molar-refractivity contribution in [2.75, 3.05) is 13.2 Å². The number of hydrogen-bond acceptors (Lipinski definition) is 2. The Bertz CT molecular complexity index is 1110. The maximum Gasteiger partial charge on any atom is 0.127 e. The molecule has 0 saturated carbocycles. The second-order valence-corrected chi connectivity index (χ2v) is 9.50. The predicted molar refractivity (Wildman–Crippen MR) is 133 cm³/mol. The molecule has 28 heavy (non-hydrogen) atoms. The van der Waals surface area contributed by atoms with Crippen molar-refractivity contribution >= 4 is 66.7 Å². The van der Waals surface area contributed by atoms with E-state index in [0.29, 0.717) is 13.2 Å². The topological polar surface area (TPSA) is 18.5 Å². The van der Waals surface area contributed by atoms with Crippen molar-refractivity contribution in [2.24, 2.45) is 0 Å². The van der Waals surface area contributed by atoms with E-state index in [1.807, 2.05) is 0 Å². The highest BCUT2D eigenvalue weighted by molar-refractivity contribution is 14.1. The summed E-state index contributed by atoms with van der Waals surface area (Å²) in [6.07, 6.45) is 1.98. The molecule has 4 heteroatoms. The minimum atomic E-state index is 0.713. The molecule has 0 amide bonds. The first kappa shape index (κ1) is 18.5. The molecule has 0 atom stereocenters. The molecule has 4 aromatic carbocycles. The molecule has 0 fully saturated rings. The Morgan fingerprint density at radius 2 is 1.04 bits per heavy atom. The molecule has 5 rings (SSSR count). The molecule has 0 aromatic heterocycles. The van der Waals surface area contributed by atoms with Gasteiger partial charge in [0.25, 0.3) is 0 Å². The second-order valence-electron chi connectivity index (χ2n) is 7.01. The van der Waals surface area contributed by atoms with Gasteiger partial charge < -0.3 is 9.47 Å². The molecule has 1 aliphatic heterocycles. The first-order valence-electron chi connectivity index (χ1n) is 9.41. The zero-order valence-corrected chi connectivity index (χ0v) is 19.5. The monoisotopic (exact) mass is 592 g/mol. The molecular weight excluding hydrogens is 574 g/mol. The Balaban J connectivity index is 1.92. The van der Waals surface area contributed by atoms with E-state index in [0.717, 1.165) is 35.5 Å². The van der Waals surface area contributed by atoms with Crippen LogP contribution in [0.1, 0.15) is 12.8 Å². The van der Waals surface area contributed by atoms with E-state index >= 15 is 0 Å². The average molecular weight is 592 g/mol. The lowest BCUT2D eigenvalue weighted by molar-refractivity contribution is 0.264. The summed E-state index contributed by atoms with van der Waals surface area (Å²) in [5.41, 5.74) is 2.27. The summed E-state index contributed by atoms with van der Waals surface area (Å²) < 4.78 is 15.0. The maximum absolute atomic E-state index is 6.27. The van der Waals surface area contributed by atoms with Crippen LogP contribution in [0.3, 0.4) is 0 Å². The fraction of sp³-hybridized carbons (Fsp3) is 0.167. The highest BCUT2D eigenvalue weighted by Crippen LogP contribution is 2.46. The van der Waals surface area contributed by atoms with Crippen molar-refractivity contribution < 1.29 is 9.47 Å². The molecule has 0 spiro atoms. The van der Waals surface area contributed by atoms with Crippen molar-refractivity contribution in [1.29, 1.82) is 0 Å². The zero-order valence-electron chi connectivity index (χ0n) is 15.2.